The predicted molar refractivity (Wildman–Crippen MR) is 51.5 cm³/mol. The van der Waals surface area contributed by atoms with Crippen molar-refractivity contribution in [3.05, 3.63) is 27.7 Å². The molecule has 0 saturated heterocycles. The average molecular weight is 225 g/mol. The number of carboxylic acids is 1. The average Bonchev–Trinajstić information content (AvgIpc) is 2.61. The van der Waals surface area contributed by atoms with Gasteiger partial charge in [-0.25, -0.2) is 14.8 Å². The van der Waals surface area contributed by atoms with Gasteiger partial charge in [0.1, 0.15) is 11.8 Å². The van der Waals surface area contributed by atoms with Crippen molar-refractivity contribution in [1.29, 1.82) is 0 Å². The summed E-state index contributed by atoms with van der Waals surface area (Å²) in [7, 11) is 0. The number of H-pyrrole nitrogens is 1. The van der Waals surface area contributed by atoms with Crippen LogP contribution in [0.4, 0.5) is 5.82 Å². The number of nitrogens with zero attached hydrogens (tertiary/aromatic N) is 2. The molecule has 1 rings (SSSR count). The number of hydrogen-bond acceptors (Lipinski definition) is 5. The fourth-order valence-electron chi connectivity index (χ4n) is 0.943. The van der Waals surface area contributed by atoms with E-state index in [0.29, 0.717) is 0 Å². The maximum absolute atomic E-state index is 10.9. The highest BCUT2D eigenvalue weighted by atomic mass is 16.6. The van der Waals surface area contributed by atoms with Gasteiger partial charge in [0.2, 0.25) is 5.82 Å². The van der Waals surface area contributed by atoms with Crippen molar-refractivity contribution in [2.45, 2.75) is 6.92 Å². The second-order valence-corrected chi connectivity index (χ2v) is 2.83. The zero-order valence-corrected chi connectivity index (χ0v) is 8.13. The summed E-state index contributed by atoms with van der Waals surface area (Å²) in [5.41, 5.74) is -0.496. The van der Waals surface area contributed by atoms with E-state index in [4.69, 9.17) is 5.11 Å². The van der Waals surface area contributed by atoms with Gasteiger partial charge in [0.05, 0.1) is 0 Å². The quantitative estimate of drug-likeness (QED) is 0.250. The lowest BCUT2D eigenvalue weighted by Gasteiger charge is -1.92. The van der Waals surface area contributed by atoms with Crippen LogP contribution in [0.15, 0.2) is 11.8 Å². The van der Waals surface area contributed by atoms with Gasteiger partial charge < -0.3 is 15.2 Å². The van der Waals surface area contributed by atoms with Gasteiger partial charge in [0, 0.05) is 6.08 Å². The van der Waals surface area contributed by atoms with Crippen LogP contribution in [0.25, 0.3) is 6.08 Å². The van der Waals surface area contributed by atoms with Crippen LogP contribution in [0.5, 0.6) is 0 Å². The fraction of sp³-hybridized carbons (Fsp3) is 0.125. The number of rotatable bonds is 4. The Morgan fingerprint density at radius 1 is 1.62 bits per heavy atom. The minimum absolute atomic E-state index is 0.0562. The molecule has 16 heavy (non-hydrogen) atoms. The number of carbonyl (C=O) groups excluding carboxylic acids is 1. The van der Waals surface area contributed by atoms with Crippen molar-refractivity contribution >= 4 is 23.6 Å². The smallest absolute Gasteiger partial charge is 0.340 e. The van der Waals surface area contributed by atoms with Gasteiger partial charge in [0.25, 0.3) is 0 Å². The Balaban J connectivity index is 3.09. The normalized spacial score (nSPS) is 11.2. The van der Waals surface area contributed by atoms with Crippen molar-refractivity contribution in [3.8, 4) is 0 Å². The summed E-state index contributed by atoms with van der Waals surface area (Å²) >= 11 is 0. The molecular weight excluding hydrogens is 218 g/mol. The molecule has 0 aliphatic rings. The lowest BCUT2D eigenvalue weighted by atomic mass is 10.2. The number of carbonyl (C=O) groups is 2. The minimum atomic E-state index is -1.41. The van der Waals surface area contributed by atoms with Crippen LogP contribution in [0.2, 0.25) is 0 Å². The van der Waals surface area contributed by atoms with Crippen LogP contribution in [0.1, 0.15) is 12.7 Å². The van der Waals surface area contributed by atoms with Crippen LogP contribution in [-0.4, -0.2) is 31.8 Å². The lowest BCUT2D eigenvalue weighted by Crippen LogP contribution is -2.08. The molecular formula is C8H7N3O5. The van der Waals surface area contributed by atoms with Crippen LogP contribution in [-0.2, 0) is 9.59 Å². The molecule has 0 unspecified atom stereocenters. The van der Waals surface area contributed by atoms with Gasteiger partial charge in [0.15, 0.2) is 5.78 Å². The van der Waals surface area contributed by atoms with E-state index in [1.165, 1.54) is 0 Å². The standard InChI is InChI=1S/C8H7N3O5/c1-4(12)5(8(13)14)2-6-9-3-7(10-6)11(15)16/h2-3H,1H3,(H,9,10)(H,13,14)/b5-2+. The first kappa shape index (κ1) is 11.6. The topological polar surface area (TPSA) is 126 Å². The van der Waals surface area contributed by atoms with Gasteiger partial charge >= 0.3 is 11.8 Å². The summed E-state index contributed by atoms with van der Waals surface area (Å²) in [6.07, 6.45) is 1.88. The number of carboxylic acid groups (broad SMARTS) is 1. The van der Waals surface area contributed by atoms with E-state index in [1.807, 2.05) is 0 Å². The van der Waals surface area contributed by atoms with Gasteiger partial charge in [-0.1, -0.05) is 0 Å². The third kappa shape index (κ3) is 2.50. The van der Waals surface area contributed by atoms with Gasteiger partial charge in [-0.15, -0.1) is 0 Å². The third-order valence-corrected chi connectivity index (χ3v) is 1.67. The Kier molecular flexibility index (Phi) is 3.14. The van der Waals surface area contributed by atoms with Gasteiger partial charge in [-0.3, -0.25) is 4.79 Å². The van der Waals surface area contributed by atoms with E-state index in [9.17, 15) is 19.7 Å². The second-order valence-electron chi connectivity index (χ2n) is 2.83. The Labute approximate surface area is 88.8 Å². The summed E-state index contributed by atoms with van der Waals surface area (Å²) in [5.74, 6) is -2.50. The van der Waals surface area contributed by atoms with E-state index in [2.05, 4.69) is 9.97 Å². The number of hydrogen-bond donors (Lipinski definition) is 2. The van der Waals surface area contributed by atoms with E-state index in [-0.39, 0.29) is 11.6 Å². The first-order valence-electron chi connectivity index (χ1n) is 4.07. The summed E-state index contributed by atoms with van der Waals surface area (Å²) in [4.78, 5) is 36.9. The first-order chi connectivity index (χ1) is 7.41. The summed E-state index contributed by atoms with van der Waals surface area (Å²) in [5, 5.41) is 19.0. The molecule has 0 saturated carbocycles. The molecule has 0 spiro atoms. The van der Waals surface area contributed by atoms with E-state index in [1.54, 1.807) is 0 Å². The number of imidazole rings is 1. The Morgan fingerprint density at radius 3 is 2.62 bits per heavy atom. The molecule has 1 heterocycles. The second kappa shape index (κ2) is 4.34. The molecule has 0 amide bonds. The van der Waals surface area contributed by atoms with Gasteiger partial charge in [-0.2, -0.15) is 0 Å². The Bertz CT molecular complexity index is 472. The molecule has 0 aliphatic heterocycles. The number of aromatic amines is 1. The number of aromatic nitrogens is 2. The SMILES string of the molecule is CC(=O)/C(=C\c1ncc([N+](=O)[O-])[nH]1)C(=O)O. The fourth-order valence-corrected chi connectivity index (χ4v) is 0.943. The van der Waals surface area contributed by atoms with Crippen LogP contribution >= 0.6 is 0 Å². The number of ketones is 1. The maximum atomic E-state index is 10.9. The van der Waals surface area contributed by atoms with E-state index in [0.717, 1.165) is 19.2 Å². The lowest BCUT2D eigenvalue weighted by molar-refractivity contribution is -0.389. The number of nitrogens with one attached hydrogen (secondary N) is 1. The summed E-state index contributed by atoms with van der Waals surface area (Å²) < 4.78 is 0. The number of Topliss-reactive ketones (excluding diaryl/α,β-unsaturated/α-hetero) is 1. The Hall–Kier alpha value is -2.51. The largest absolute Gasteiger partial charge is 0.478 e. The molecule has 2 N–H and O–H groups in total. The minimum Gasteiger partial charge on any atom is -0.478 e. The van der Waals surface area contributed by atoms with Crippen LogP contribution in [0, 0.1) is 10.1 Å². The van der Waals surface area contributed by atoms with Crippen molar-refractivity contribution in [3.63, 3.8) is 0 Å². The molecule has 0 radical (unpaired) electrons. The molecule has 0 atom stereocenters. The molecule has 0 fully saturated rings. The number of nitro groups is 1. The molecule has 84 valence electrons. The van der Waals surface area contributed by atoms with Crippen molar-refractivity contribution in [2.75, 3.05) is 0 Å². The molecule has 0 bridgehead atoms. The molecule has 1 aromatic rings. The van der Waals surface area contributed by atoms with Crippen molar-refractivity contribution in [1.82, 2.24) is 9.97 Å². The van der Waals surface area contributed by atoms with Crippen LogP contribution < -0.4 is 0 Å². The molecule has 8 nitrogen and oxygen atoms in total. The monoisotopic (exact) mass is 225 g/mol. The van der Waals surface area contributed by atoms with Gasteiger partial charge in [-0.05, 0) is 11.8 Å². The Morgan fingerprint density at radius 2 is 2.25 bits per heavy atom. The molecule has 0 aliphatic carbocycles. The zero-order chi connectivity index (χ0) is 12.3. The van der Waals surface area contributed by atoms with E-state index < -0.39 is 22.2 Å². The summed E-state index contributed by atoms with van der Waals surface area (Å²) in [6.45, 7) is 1.08. The molecule has 8 heteroatoms. The van der Waals surface area contributed by atoms with Crippen molar-refractivity contribution in [2.24, 2.45) is 0 Å². The number of aliphatic carboxylic acids is 1. The summed E-state index contributed by atoms with van der Waals surface area (Å²) in [6, 6.07) is 0. The zero-order valence-electron chi connectivity index (χ0n) is 8.13. The van der Waals surface area contributed by atoms with Crippen LogP contribution in [0.3, 0.4) is 0 Å². The third-order valence-electron chi connectivity index (χ3n) is 1.67. The predicted octanol–water partition coefficient (Wildman–Crippen LogP) is 0.375. The highest BCUT2D eigenvalue weighted by molar-refractivity contribution is 6.18. The highest BCUT2D eigenvalue weighted by Crippen LogP contribution is 2.10. The first-order valence-corrected chi connectivity index (χ1v) is 4.07. The molecule has 1 aromatic heterocycles. The highest BCUT2D eigenvalue weighted by Gasteiger charge is 2.16. The van der Waals surface area contributed by atoms with E-state index >= 15 is 0 Å². The molecule has 0 aromatic carbocycles. The van der Waals surface area contributed by atoms with Crippen molar-refractivity contribution < 1.29 is 19.6 Å². The maximum Gasteiger partial charge on any atom is 0.340 e.